The van der Waals surface area contributed by atoms with E-state index in [-0.39, 0.29) is 31.1 Å². The van der Waals surface area contributed by atoms with Crippen LogP contribution in [0.2, 0.25) is 0 Å². The Morgan fingerprint density at radius 2 is 0.597 bits per heavy atom. The van der Waals surface area contributed by atoms with E-state index in [1.165, 1.54) is 167 Å². The molecule has 0 rings (SSSR count). The third-order valence-electron chi connectivity index (χ3n) is 11.6. The van der Waals surface area contributed by atoms with Gasteiger partial charge in [0.2, 0.25) is 0 Å². The zero-order valence-electron chi connectivity index (χ0n) is 41.1. The summed E-state index contributed by atoms with van der Waals surface area (Å²) in [6.07, 6.45) is 61.0. The number of hydrogen-bond donors (Lipinski definition) is 0. The number of carbonyl (C=O) groups is 3. The standard InChI is InChI=1S/C56H100O6/c1-4-7-10-13-16-19-22-24-26-28-30-32-34-37-40-43-46-49-55(58)61-52-53(51-60-54(57)48-45-42-39-36-21-18-15-12-9-6-3)62-56(59)50-47-44-41-38-35-33-31-29-27-25-23-20-17-14-11-8-5-2/h24-27,30,32,37,40,53H,4-23,28-29,31,33-36,38-39,41-52H2,1-3H3/b26-24-,27-25-,32-30-,40-37-. The number of rotatable bonds is 48. The Balaban J connectivity index is 4.40. The summed E-state index contributed by atoms with van der Waals surface area (Å²) in [4.78, 5) is 37.9. The molecule has 0 saturated heterocycles. The molecule has 0 saturated carbocycles. The van der Waals surface area contributed by atoms with Crippen LogP contribution >= 0.6 is 0 Å². The molecule has 0 amide bonds. The van der Waals surface area contributed by atoms with Crippen LogP contribution in [0.3, 0.4) is 0 Å². The van der Waals surface area contributed by atoms with Gasteiger partial charge in [-0.1, -0.05) is 223 Å². The molecule has 0 aliphatic heterocycles. The highest BCUT2D eigenvalue weighted by atomic mass is 16.6. The van der Waals surface area contributed by atoms with E-state index in [4.69, 9.17) is 14.2 Å². The zero-order chi connectivity index (χ0) is 45.1. The maximum Gasteiger partial charge on any atom is 0.306 e. The Kier molecular flexibility index (Phi) is 48.8. The minimum Gasteiger partial charge on any atom is -0.462 e. The minimum atomic E-state index is -0.792. The number of ether oxygens (including phenoxy) is 3. The number of hydrogen-bond acceptors (Lipinski definition) is 6. The maximum absolute atomic E-state index is 12.8. The van der Waals surface area contributed by atoms with Crippen molar-refractivity contribution in [2.45, 2.75) is 277 Å². The average Bonchev–Trinajstić information content (AvgIpc) is 3.27. The summed E-state index contributed by atoms with van der Waals surface area (Å²) in [5.74, 6) is -0.941. The van der Waals surface area contributed by atoms with Crippen LogP contribution in [0, 0.1) is 0 Å². The van der Waals surface area contributed by atoms with Crippen LogP contribution in [0.5, 0.6) is 0 Å². The van der Waals surface area contributed by atoms with Gasteiger partial charge >= 0.3 is 17.9 Å². The van der Waals surface area contributed by atoms with E-state index < -0.39 is 6.10 Å². The summed E-state index contributed by atoms with van der Waals surface area (Å²) in [7, 11) is 0. The van der Waals surface area contributed by atoms with Gasteiger partial charge in [-0.2, -0.15) is 0 Å². The van der Waals surface area contributed by atoms with Crippen molar-refractivity contribution in [1.82, 2.24) is 0 Å². The summed E-state index contributed by atoms with van der Waals surface area (Å²) >= 11 is 0. The molecule has 0 aliphatic rings. The fraction of sp³-hybridized carbons (Fsp3) is 0.804. The lowest BCUT2D eigenvalue weighted by Gasteiger charge is -2.18. The van der Waals surface area contributed by atoms with Crippen LogP contribution in [-0.2, 0) is 28.6 Å². The summed E-state index contributed by atoms with van der Waals surface area (Å²) in [6.45, 7) is 6.58. The second kappa shape index (κ2) is 51.0. The molecule has 0 aromatic heterocycles. The molecule has 0 aromatic rings. The molecular weight excluding hydrogens is 769 g/mol. The normalized spacial score (nSPS) is 12.4. The molecule has 0 aromatic carbocycles. The van der Waals surface area contributed by atoms with Crippen LogP contribution in [0.15, 0.2) is 48.6 Å². The number of allylic oxidation sites excluding steroid dienone is 8. The summed E-state index contributed by atoms with van der Waals surface area (Å²) in [5.41, 5.74) is 0. The highest BCUT2D eigenvalue weighted by Gasteiger charge is 2.19. The van der Waals surface area contributed by atoms with E-state index in [0.717, 1.165) is 57.8 Å². The Morgan fingerprint density at radius 3 is 0.984 bits per heavy atom. The van der Waals surface area contributed by atoms with Gasteiger partial charge in [-0.3, -0.25) is 14.4 Å². The molecule has 0 fully saturated rings. The lowest BCUT2D eigenvalue weighted by molar-refractivity contribution is -0.167. The van der Waals surface area contributed by atoms with Crippen molar-refractivity contribution in [1.29, 1.82) is 0 Å². The Bertz CT molecular complexity index is 1090. The van der Waals surface area contributed by atoms with Crippen LogP contribution in [0.1, 0.15) is 271 Å². The summed E-state index contributed by atoms with van der Waals surface area (Å²) in [6, 6.07) is 0. The third-order valence-corrected chi connectivity index (χ3v) is 11.6. The van der Waals surface area contributed by atoms with Crippen LogP contribution in [0.4, 0.5) is 0 Å². The van der Waals surface area contributed by atoms with Gasteiger partial charge in [0.25, 0.3) is 0 Å². The van der Waals surface area contributed by atoms with Gasteiger partial charge in [-0.05, 0) is 77.0 Å². The maximum atomic E-state index is 12.8. The molecule has 0 spiro atoms. The zero-order valence-corrected chi connectivity index (χ0v) is 41.1. The van der Waals surface area contributed by atoms with Crippen molar-refractivity contribution in [3.63, 3.8) is 0 Å². The van der Waals surface area contributed by atoms with Gasteiger partial charge in [0.1, 0.15) is 13.2 Å². The Morgan fingerprint density at radius 1 is 0.323 bits per heavy atom. The molecule has 0 radical (unpaired) electrons. The predicted octanol–water partition coefficient (Wildman–Crippen LogP) is 17.5. The molecule has 6 heteroatoms. The smallest absolute Gasteiger partial charge is 0.306 e. The molecule has 6 nitrogen and oxygen atoms in total. The summed E-state index contributed by atoms with van der Waals surface area (Å²) < 4.78 is 16.7. The first-order valence-electron chi connectivity index (χ1n) is 26.6. The number of carbonyl (C=O) groups excluding carboxylic acids is 3. The van der Waals surface area contributed by atoms with E-state index in [2.05, 4.69) is 69.4 Å². The largest absolute Gasteiger partial charge is 0.462 e. The molecule has 360 valence electrons. The van der Waals surface area contributed by atoms with Gasteiger partial charge in [0, 0.05) is 19.3 Å². The van der Waals surface area contributed by atoms with Gasteiger partial charge < -0.3 is 14.2 Å². The lowest BCUT2D eigenvalue weighted by Crippen LogP contribution is -2.30. The average molecular weight is 869 g/mol. The van der Waals surface area contributed by atoms with Gasteiger partial charge in [0.05, 0.1) is 0 Å². The first-order chi connectivity index (χ1) is 30.5. The SMILES string of the molecule is CCCCCCCC/C=C\C/C=C\C/C=C\CCCC(=O)OCC(COC(=O)CCCCCCCCCCCC)OC(=O)CCCCCCCCC/C=C\CCCCCCCC. The second-order valence-corrected chi connectivity index (χ2v) is 17.8. The topological polar surface area (TPSA) is 78.9 Å². The van der Waals surface area contributed by atoms with E-state index in [0.29, 0.717) is 25.7 Å². The quantitative estimate of drug-likeness (QED) is 0.0262. The van der Waals surface area contributed by atoms with Gasteiger partial charge in [0.15, 0.2) is 6.10 Å². The monoisotopic (exact) mass is 869 g/mol. The molecule has 0 heterocycles. The molecule has 1 unspecified atom stereocenters. The Labute approximate surface area is 384 Å². The minimum absolute atomic E-state index is 0.0883. The summed E-state index contributed by atoms with van der Waals surface area (Å²) in [5, 5.41) is 0. The van der Waals surface area contributed by atoms with E-state index in [9.17, 15) is 14.4 Å². The molecule has 0 N–H and O–H groups in total. The van der Waals surface area contributed by atoms with Crippen molar-refractivity contribution >= 4 is 17.9 Å². The molecule has 0 aliphatic carbocycles. The van der Waals surface area contributed by atoms with E-state index in [1.807, 2.05) is 0 Å². The van der Waals surface area contributed by atoms with E-state index in [1.54, 1.807) is 0 Å². The van der Waals surface area contributed by atoms with E-state index >= 15 is 0 Å². The van der Waals surface area contributed by atoms with Crippen molar-refractivity contribution in [2.24, 2.45) is 0 Å². The Hall–Kier alpha value is -2.63. The number of esters is 3. The molecule has 0 bridgehead atoms. The third kappa shape index (κ3) is 48.4. The molecule has 1 atom stereocenters. The van der Waals surface area contributed by atoms with Crippen molar-refractivity contribution in [3.8, 4) is 0 Å². The fourth-order valence-corrected chi connectivity index (χ4v) is 7.51. The van der Waals surface area contributed by atoms with Crippen molar-refractivity contribution in [2.75, 3.05) is 13.2 Å². The van der Waals surface area contributed by atoms with Crippen LogP contribution < -0.4 is 0 Å². The van der Waals surface area contributed by atoms with Crippen molar-refractivity contribution < 1.29 is 28.6 Å². The first-order valence-corrected chi connectivity index (χ1v) is 26.6. The fourth-order valence-electron chi connectivity index (χ4n) is 7.51. The number of unbranched alkanes of at least 4 members (excludes halogenated alkanes) is 29. The van der Waals surface area contributed by atoms with Gasteiger partial charge in [-0.15, -0.1) is 0 Å². The van der Waals surface area contributed by atoms with Crippen LogP contribution in [0.25, 0.3) is 0 Å². The highest BCUT2D eigenvalue weighted by Crippen LogP contribution is 2.15. The van der Waals surface area contributed by atoms with Crippen LogP contribution in [-0.4, -0.2) is 37.2 Å². The predicted molar refractivity (Wildman–Crippen MR) is 265 cm³/mol. The second-order valence-electron chi connectivity index (χ2n) is 17.8. The van der Waals surface area contributed by atoms with Gasteiger partial charge in [-0.25, -0.2) is 0 Å². The van der Waals surface area contributed by atoms with Crippen molar-refractivity contribution in [3.05, 3.63) is 48.6 Å². The first kappa shape index (κ1) is 59.4. The highest BCUT2D eigenvalue weighted by molar-refractivity contribution is 5.71. The molecule has 62 heavy (non-hydrogen) atoms. The molecular formula is C56H100O6. The lowest BCUT2D eigenvalue weighted by atomic mass is 10.1.